The molecule has 2 aromatic rings. The minimum absolute atomic E-state index is 0.201. The molecule has 1 aliphatic heterocycles. The van der Waals surface area contributed by atoms with Crippen molar-refractivity contribution in [2.24, 2.45) is 0 Å². The van der Waals surface area contributed by atoms with Gasteiger partial charge in [0, 0.05) is 6.54 Å². The third kappa shape index (κ3) is 2.37. The van der Waals surface area contributed by atoms with Crippen LogP contribution in [0.1, 0.15) is 12.8 Å². The minimum Gasteiger partial charge on any atom is -0.368 e. The molecule has 1 saturated heterocycles. The summed E-state index contributed by atoms with van der Waals surface area (Å²) in [6.07, 6.45) is 1.46. The SMILES string of the molecule is Nc1nc(NCC2CCCS2(=O)=O)c2ccsc2n1. The minimum atomic E-state index is -2.94. The van der Waals surface area contributed by atoms with Crippen LogP contribution in [0.15, 0.2) is 11.4 Å². The molecule has 0 aromatic carbocycles. The summed E-state index contributed by atoms with van der Waals surface area (Å²) >= 11 is 1.48. The molecule has 1 unspecified atom stereocenters. The van der Waals surface area contributed by atoms with Gasteiger partial charge in [-0.25, -0.2) is 13.4 Å². The zero-order valence-corrected chi connectivity index (χ0v) is 11.8. The van der Waals surface area contributed by atoms with Gasteiger partial charge in [-0.1, -0.05) is 0 Å². The number of thiophene rings is 1. The molecule has 1 fully saturated rings. The van der Waals surface area contributed by atoms with E-state index in [0.717, 1.165) is 16.6 Å². The van der Waals surface area contributed by atoms with Crippen LogP contribution in [0.5, 0.6) is 0 Å². The van der Waals surface area contributed by atoms with Crippen LogP contribution in [0, 0.1) is 0 Å². The number of fused-ring (bicyclic) bond motifs is 1. The fraction of sp³-hybridized carbons (Fsp3) is 0.455. The van der Waals surface area contributed by atoms with Crippen molar-refractivity contribution in [1.29, 1.82) is 0 Å². The Morgan fingerprint density at radius 3 is 3.05 bits per heavy atom. The molecule has 1 aliphatic rings. The van der Waals surface area contributed by atoms with Crippen LogP contribution < -0.4 is 11.1 Å². The summed E-state index contributed by atoms with van der Waals surface area (Å²) < 4.78 is 23.5. The molecule has 3 N–H and O–H groups in total. The van der Waals surface area contributed by atoms with Crippen molar-refractivity contribution < 1.29 is 8.42 Å². The summed E-state index contributed by atoms with van der Waals surface area (Å²) in [7, 11) is -2.94. The Balaban J connectivity index is 1.84. The number of nitrogens with one attached hydrogen (secondary N) is 1. The van der Waals surface area contributed by atoms with E-state index in [4.69, 9.17) is 5.73 Å². The van der Waals surface area contributed by atoms with E-state index in [1.165, 1.54) is 11.3 Å². The molecule has 3 heterocycles. The van der Waals surface area contributed by atoms with Crippen LogP contribution in [-0.2, 0) is 9.84 Å². The first-order valence-corrected chi connectivity index (χ1v) is 8.62. The molecule has 2 aromatic heterocycles. The second-order valence-electron chi connectivity index (χ2n) is 4.58. The van der Waals surface area contributed by atoms with E-state index in [-0.39, 0.29) is 11.2 Å². The lowest BCUT2D eigenvalue weighted by atomic mass is 10.2. The summed E-state index contributed by atoms with van der Waals surface area (Å²) in [5, 5.41) is 5.58. The zero-order valence-electron chi connectivity index (χ0n) is 10.2. The molecule has 0 spiro atoms. The summed E-state index contributed by atoms with van der Waals surface area (Å²) in [6.45, 7) is 0.379. The predicted octanol–water partition coefficient (Wildman–Crippen LogP) is 1.26. The van der Waals surface area contributed by atoms with Crippen molar-refractivity contribution in [2.75, 3.05) is 23.3 Å². The zero-order chi connectivity index (χ0) is 13.5. The maximum absolute atomic E-state index is 11.8. The van der Waals surface area contributed by atoms with Gasteiger partial charge >= 0.3 is 0 Å². The molecule has 0 saturated carbocycles. The van der Waals surface area contributed by atoms with E-state index < -0.39 is 9.84 Å². The molecule has 6 nitrogen and oxygen atoms in total. The Hall–Kier alpha value is -1.41. The van der Waals surface area contributed by atoms with Crippen LogP contribution in [0.4, 0.5) is 11.8 Å². The van der Waals surface area contributed by atoms with Gasteiger partial charge < -0.3 is 11.1 Å². The van der Waals surface area contributed by atoms with E-state index in [2.05, 4.69) is 15.3 Å². The molecule has 0 aliphatic carbocycles. The van der Waals surface area contributed by atoms with Crippen molar-refractivity contribution in [3.8, 4) is 0 Å². The van der Waals surface area contributed by atoms with Crippen LogP contribution in [0.25, 0.3) is 10.2 Å². The fourth-order valence-electron chi connectivity index (χ4n) is 2.30. The average molecular weight is 298 g/mol. The lowest BCUT2D eigenvalue weighted by Gasteiger charge is -2.12. The third-order valence-electron chi connectivity index (χ3n) is 3.30. The van der Waals surface area contributed by atoms with Crippen molar-refractivity contribution in [3.05, 3.63) is 11.4 Å². The molecule has 3 rings (SSSR count). The highest BCUT2D eigenvalue weighted by molar-refractivity contribution is 7.92. The van der Waals surface area contributed by atoms with E-state index in [1.807, 2.05) is 11.4 Å². The number of nitrogens with zero attached hydrogens (tertiary/aromatic N) is 2. The van der Waals surface area contributed by atoms with Crippen LogP contribution in [-0.4, -0.2) is 35.9 Å². The molecule has 1 atom stereocenters. The number of hydrogen-bond acceptors (Lipinski definition) is 7. The summed E-state index contributed by atoms with van der Waals surface area (Å²) in [4.78, 5) is 9.09. The number of aromatic nitrogens is 2. The maximum Gasteiger partial charge on any atom is 0.223 e. The summed E-state index contributed by atoms with van der Waals surface area (Å²) in [6, 6.07) is 1.91. The lowest BCUT2D eigenvalue weighted by Crippen LogP contribution is -2.25. The highest BCUT2D eigenvalue weighted by atomic mass is 32.2. The normalized spacial score (nSPS) is 21.8. The van der Waals surface area contributed by atoms with Gasteiger partial charge in [0.05, 0.1) is 16.4 Å². The van der Waals surface area contributed by atoms with Gasteiger partial charge in [0.2, 0.25) is 5.95 Å². The molecule has 8 heteroatoms. The highest BCUT2D eigenvalue weighted by Gasteiger charge is 2.31. The monoisotopic (exact) mass is 298 g/mol. The largest absolute Gasteiger partial charge is 0.368 e. The fourth-order valence-corrected chi connectivity index (χ4v) is 4.84. The Labute approximate surface area is 115 Å². The van der Waals surface area contributed by atoms with Gasteiger partial charge in [0.25, 0.3) is 0 Å². The number of nitrogen functional groups attached to an aromatic ring is 1. The summed E-state index contributed by atoms with van der Waals surface area (Å²) in [5.41, 5.74) is 5.65. The predicted molar refractivity (Wildman–Crippen MR) is 77.1 cm³/mol. The maximum atomic E-state index is 11.8. The second-order valence-corrected chi connectivity index (χ2v) is 7.88. The Kier molecular flexibility index (Phi) is 3.06. The highest BCUT2D eigenvalue weighted by Crippen LogP contribution is 2.27. The van der Waals surface area contributed by atoms with Gasteiger partial charge in [-0.3, -0.25) is 0 Å². The standard InChI is InChI=1S/C11H14N4O2S2/c12-11-14-9(8-3-4-18-10(8)15-11)13-6-7-2-1-5-19(7,16)17/h3-4,7H,1-2,5-6H2,(H3,12,13,14,15). The van der Waals surface area contributed by atoms with Gasteiger partial charge in [-0.05, 0) is 24.3 Å². The van der Waals surface area contributed by atoms with Crippen LogP contribution in [0.3, 0.4) is 0 Å². The molecule has 19 heavy (non-hydrogen) atoms. The van der Waals surface area contributed by atoms with Gasteiger partial charge in [-0.15, -0.1) is 11.3 Å². The first kappa shape index (κ1) is 12.6. The Bertz CT molecular complexity index is 711. The number of hydrogen-bond donors (Lipinski definition) is 2. The van der Waals surface area contributed by atoms with Crippen LogP contribution in [0.2, 0.25) is 0 Å². The number of anilines is 2. The smallest absolute Gasteiger partial charge is 0.223 e. The molecule has 0 amide bonds. The number of rotatable bonds is 3. The van der Waals surface area contributed by atoms with Crippen molar-refractivity contribution in [3.63, 3.8) is 0 Å². The molecule has 0 bridgehead atoms. The third-order valence-corrected chi connectivity index (χ3v) is 6.38. The quantitative estimate of drug-likeness (QED) is 0.885. The molecule has 102 valence electrons. The number of sulfone groups is 1. The van der Waals surface area contributed by atoms with Gasteiger partial charge in [0.15, 0.2) is 9.84 Å². The van der Waals surface area contributed by atoms with Crippen molar-refractivity contribution >= 4 is 43.2 Å². The van der Waals surface area contributed by atoms with E-state index in [9.17, 15) is 8.42 Å². The number of nitrogens with two attached hydrogens (primary N) is 1. The van der Waals surface area contributed by atoms with Crippen molar-refractivity contribution in [2.45, 2.75) is 18.1 Å². The summed E-state index contributed by atoms with van der Waals surface area (Å²) in [5.74, 6) is 1.11. The van der Waals surface area contributed by atoms with Crippen LogP contribution >= 0.6 is 11.3 Å². The Morgan fingerprint density at radius 2 is 2.32 bits per heavy atom. The first-order valence-electron chi connectivity index (χ1n) is 6.02. The average Bonchev–Trinajstić information content (AvgIpc) is 2.92. The second kappa shape index (κ2) is 4.61. The lowest BCUT2D eigenvalue weighted by molar-refractivity contribution is 0.591. The molecular formula is C11H14N4O2S2. The Morgan fingerprint density at radius 1 is 1.47 bits per heavy atom. The topological polar surface area (TPSA) is 98.0 Å². The molecule has 0 radical (unpaired) electrons. The van der Waals surface area contributed by atoms with E-state index >= 15 is 0 Å². The van der Waals surface area contributed by atoms with Crippen molar-refractivity contribution in [1.82, 2.24) is 9.97 Å². The molecular weight excluding hydrogens is 284 g/mol. The first-order chi connectivity index (χ1) is 9.06. The van der Waals surface area contributed by atoms with Gasteiger partial charge in [-0.2, -0.15) is 4.98 Å². The van der Waals surface area contributed by atoms with Gasteiger partial charge in [0.1, 0.15) is 10.6 Å². The van der Waals surface area contributed by atoms with E-state index in [1.54, 1.807) is 0 Å². The van der Waals surface area contributed by atoms with E-state index in [0.29, 0.717) is 24.5 Å².